The number of nitrogens with one attached hydrogen (secondary N) is 1. The number of amides is 1. The van der Waals surface area contributed by atoms with Gasteiger partial charge in [0.05, 0.1) is 6.10 Å². The van der Waals surface area contributed by atoms with Gasteiger partial charge in [-0.05, 0) is 46.2 Å². The minimum absolute atomic E-state index is 0.486. The monoisotopic (exact) mass is 425 g/mol. The number of hydrogen-bond donors (Lipinski definition) is 3. The second-order valence-electron chi connectivity index (χ2n) is 5.39. The van der Waals surface area contributed by atoms with E-state index >= 15 is 0 Å². The molecule has 1 amide bonds. The van der Waals surface area contributed by atoms with Crippen LogP contribution in [0.4, 0.5) is 4.79 Å². The van der Waals surface area contributed by atoms with Crippen LogP contribution in [0.1, 0.15) is 30.9 Å². The Kier molecular flexibility index (Phi) is 6.01. The van der Waals surface area contributed by atoms with Crippen LogP contribution in [0.15, 0.2) is 54.6 Å². The van der Waals surface area contributed by atoms with Gasteiger partial charge in [-0.25, -0.2) is 4.79 Å². The van der Waals surface area contributed by atoms with Gasteiger partial charge in [-0.15, -0.1) is 0 Å². The maximum Gasteiger partial charge on any atom is 0.405 e. The Morgan fingerprint density at radius 1 is 1.17 bits per heavy atom. The van der Waals surface area contributed by atoms with Crippen molar-refractivity contribution < 1.29 is 15.0 Å². The standard InChI is InChI=1S/C18H20INO3/c1-2-8-16(21)18(20-17(22)23,13-9-4-3-5-10-13)14-11-6-7-12-15(14)19/h3-7,9-12,16,20-21H,2,8H2,1H3,(H,22,23). The lowest BCUT2D eigenvalue weighted by Gasteiger charge is -2.39. The van der Waals surface area contributed by atoms with Crippen molar-refractivity contribution in [3.63, 3.8) is 0 Å². The van der Waals surface area contributed by atoms with Crippen LogP contribution in [0.5, 0.6) is 0 Å². The van der Waals surface area contributed by atoms with Crippen molar-refractivity contribution in [2.24, 2.45) is 0 Å². The van der Waals surface area contributed by atoms with Crippen molar-refractivity contribution in [2.75, 3.05) is 0 Å². The topological polar surface area (TPSA) is 69.6 Å². The highest BCUT2D eigenvalue weighted by Gasteiger charge is 2.43. The van der Waals surface area contributed by atoms with Crippen molar-refractivity contribution in [1.29, 1.82) is 0 Å². The quantitative estimate of drug-likeness (QED) is 0.614. The average molecular weight is 425 g/mol. The van der Waals surface area contributed by atoms with E-state index in [9.17, 15) is 15.0 Å². The second-order valence-corrected chi connectivity index (χ2v) is 6.55. The number of carboxylic acid groups (broad SMARTS) is 1. The third-order valence-corrected chi connectivity index (χ3v) is 4.83. The summed E-state index contributed by atoms with van der Waals surface area (Å²) < 4.78 is 0.901. The Hall–Kier alpha value is -1.60. The van der Waals surface area contributed by atoms with Crippen molar-refractivity contribution in [1.82, 2.24) is 5.32 Å². The molecule has 0 bridgehead atoms. The van der Waals surface area contributed by atoms with E-state index < -0.39 is 17.7 Å². The number of carbonyl (C=O) groups is 1. The zero-order chi connectivity index (χ0) is 16.9. The molecule has 0 aromatic heterocycles. The van der Waals surface area contributed by atoms with Crippen LogP contribution in [0.2, 0.25) is 0 Å². The number of aliphatic hydroxyl groups is 1. The molecule has 0 aliphatic rings. The van der Waals surface area contributed by atoms with E-state index in [1.165, 1.54) is 0 Å². The summed E-state index contributed by atoms with van der Waals surface area (Å²) in [7, 11) is 0. The molecule has 0 saturated heterocycles. The summed E-state index contributed by atoms with van der Waals surface area (Å²) in [5.74, 6) is 0. The van der Waals surface area contributed by atoms with Gasteiger partial charge >= 0.3 is 6.09 Å². The highest BCUT2D eigenvalue weighted by molar-refractivity contribution is 14.1. The molecule has 3 N–H and O–H groups in total. The van der Waals surface area contributed by atoms with E-state index in [1.807, 2.05) is 61.5 Å². The molecule has 0 aliphatic heterocycles. The molecule has 0 radical (unpaired) electrons. The summed E-state index contributed by atoms with van der Waals surface area (Å²) in [6, 6.07) is 16.8. The smallest absolute Gasteiger partial charge is 0.405 e. The van der Waals surface area contributed by atoms with Crippen LogP contribution in [0.3, 0.4) is 0 Å². The fourth-order valence-electron chi connectivity index (χ4n) is 2.89. The van der Waals surface area contributed by atoms with E-state index in [-0.39, 0.29) is 0 Å². The summed E-state index contributed by atoms with van der Waals surface area (Å²) in [5.41, 5.74) is 0.295. The SMILES string of the molecule is CCCC(O)C(NC(=O)O)(c1ccccc1)c1ccccc1I. The minimum Gasteiger partial charge on any atom is -0.465 e. The molecule has 0 heterocycles. The van der Waals surface area contributed by atoms with Gasteiger partial charge in [0.1, 0.15) is 5.54 Å². The van der Waals surface area contributed by atoms with E-state index in [2.05, 4.69) is 27.9 Å². The molecular formula is C18H20INO3. The van der Waals surface area contributed by atoms with Crippen LogP contribution in [0.25, 0.3) is 0 Å². The second kappa shape index (κ2) is 7.79. The maximum atomic E-state index is 11.6. The molecule has 2 rings (SSSR count). The summed E-state index contributed by atoms with van der Waals surface area (Å²) in [4.78, 5) is 11.6. The van der Waals surface area contributed by atoms with E-state index in [0.717, 1.165) is 21.1 Å². The predicted octanol–water partition coefficient (Wildman–Crippen LogP) is 3.96. The largest absolute Gasteiger partial charge is 0.465 e. The van der Waals surface area contributed by atoms with Crippen LogP contribution < -0.4 is 5.32 Å². The first-order chi connectivity index (χ1) is 11.0. The van der Waals surface area contributed by atoms with Crippen LogP contribution >= 0.6 is 22.6 Å². The Bertz CT molecular complexity index is 662. The number of rotatable bonds is 6. The Morgan fingerprint density at radius 2 is 1.78 bits per heavy atom. The molecule has 0 spiro atoms. The third kappa shape index (κ3) is 3.67. The van der Waals surface area contributed by atoms with Gasteiger partial charge in [0.25, 0.3) is 0 Å². The zero-order valence-electron chi connectivity index (χ0n) is 12.9. The number of halogens is 1. The predicted molar refractivity (Wildman–Crippen MR) is 98.5 cm³/mol. The molecule has 2 aromatic rings. The fraction of sp³-hybridized carbons (Fsp3) is 0.278. The lowest BCUT2D eigenvalue weighted by molar-refractivity contribution is 0.0701. The van der Waals surface area contributed by atoms with Crippen LogP contribution in [-0.2, 0) is 5.54 Å². The molecule has 0 saturated carbocycles. The molecular weight excluding hydrogens is 405 g/mol. The first-order valence-electron chi connectivity index (χ1n) is 7.52. The molecule has 2 unspecified atom stereocenters. The number of aliphatic hydroxyl groups excluding tert-OH is 1. The molecule has 122 valence electrons. The van der Waals surface area contributed by atoms with Crippen molar-refractivity contribution in [3.8, 4) is 0 Å². The Labute approximate surface area is 149 Å². The molecule has 2 aromatic carbocycles. The summed E-state index contributed by atoms with van der Waals surface area (Å²) in [6.45, 7) is 1.97. The van der Waals surface area contributed by atoms with Gasteiger partial charge < -0.3 is 15.5 Å². The number of hydrogen-bond acceptors (Lipinski definition) is 2. The van der Waals surface area contributed by atoms with Gasteiger partial charge in [-0.3, -0.25) is 0 Å². The van der Waals surface area contributed by atoms with Crippen molar-refractivity contribution in [3.05, 3.63) is 69.3 Å². The van der Waals surface area contributed by atoms with Gasteiger partial charge in [0.15, 0.2) is 0 Å². The Morgan fingerprint density at radius 3 is 2.35 bits per heavy atom. The van der Waals surface area contributed by atoms with Gasteiger partial charge in [-0.2, -0.15) is 0 Å². The van der Waals surface area contributed by atoms with Crippen molar-refractivity contribution >= 4 is 28.7 Å². The van der Waals surface area contributed by atoms with E-state index in [1.54, 1.807) is 0 Å². The number of benzene rings is 2. The molecule has 2 atom stereocenters. The van der Waals surface area contributed by atoms with E-state index in [0.29, 0.717) is 6.42 Å². The summed E-state index contributed by atoms with van der Waals surface area (Å²) in [5, 5.41) is 23.0. The molecule has 0 fully saturated rings. The minimum atomic E-state index is -1.19. The Balaban J connectivity index is 2.74. The third-order valence-electron chi connectivity index (χ3n) is 3.89. The fourth-order valence-corrected chi connectivity index (χ4v) is 3.70. The molecule has 0 aliphatic carbocycles. The lowest BCUT2D eigenvalue weighted by Crippen LogP contribution is -2.55. The normalized spacial score (nSPS) is 14.7. The van der Waals surface area contributed by atoms with Crippen LogP contribution in [0, 0.1) is 3.57 Å². The first-order valence-corrected chi connectivity index (χ1v) is 8.60. The maximum absolute atomic E-state index is 11.6. The first kappa shape index (κ1) is 17.7. The average Bonchev–Trinajstić information content (AvgIpc) is 2.54. The molecule has 23 heavy (non-hydrogen) atoms. The van der Waals surface area contributed by atoms with Crippen molar-refractivity contribution in [2.45, 2.75) is 31.4 Å². The van der Waals surface area contributed by atoms with Crippen LogP contribution in [-0.4, -0.2) is 22.4 Å². The van der Waals surface area contributed by atoms with E-state index in [4.69, 9.17) is 0 Å². The highest BCUT2D eigenvalue weighted by Crippen LogP contribution is 2.37. The molecule has 5 heteroatoms. The van der Waals surface area contributed by atoms with Gasteiger partial charge in [0.2, 0.25) is 0 Å². The van der Waals surface area contributed by atoms with Gasteiger partial charge in [-0.1, -0.05) is 61.9 Å². The zero-order valence-corrected chi connectivity index (χ0v) is 15.0. The van der Waals surface area contributed by atoms with Gasteiger partial charge in [0, 0.05) is 3.57 Å². The lowest BCUT2D eigenvalue weighted by atomic mass is 9.76. The summed E-state index contributed by atoms with van der Waals surface area (Å²) >= 11 is 2.18. The summed E-state index contributed by atoms with van der Waals surface area (Å²) in [6.07, 6.45) is -0.800. The highest BCUT2D eigenvalue weighted by atomic mass is 127. The molecule has 4 nitrogen and oxygen atoms in total.